The number of benzene rings is 1. The molecule has 2 N–H and O–H groups in total. The minimum atomic E-state index is 0.0649. The van der Waals surface area contributed by atoms with Crippen LogP contribution in [0.1, 0.15) is 25.3 Å². The minimum Gasteiger partial charge on any atom is -0.486 e. The van der Waals surface area contributed by atoms with Crippen molar-refractivity contribution in [2.24, 2.45) is 5.73 Å². The van der Waals surface area contributed by atoms with Crippen molar-refractivity contribution in [3.05, 3.63) is 22.7 Å². The van der Waals surface area contributed by atoms with Crippen molar-refractivity contribution in [2.45, 2.75) is 31.2 Å². The monoisotopic (exact) mass is 253 g/mol. The van der Waals surface area contributed by atoms with Gasteiger partial charge in [-0.2, -0.15) is 0 Å². The molecule has 1 aliphatic carbocycles. The fraction of sp³-hybridized carbons (Fsp3) is 0.538. The van der Waals surface area contributed by atoms with Crippen LogP contribution in [0.25, 0.3) is 0 Å². The Morgan fingerprint density at radius 3 is 2.47 bits per heavy atom. The van der Waals surface area contributed by atoms with E-state index in [1.807, 2.05) is 12.1 Å². The largest absolute Gasteiger partial charge is 0.486 e. The summed E-state index contributed by atoms with van der Waals surface area (Å²) in [6.07, 6.45) is 2.23. The van der Waals surface area contributed by atoms with E-state index in [9.17, 15) is 0 Å². The van der Waals surface area contributed by atoms with E-state index in [0.29, 0.717) is 24.0 Å². The smallest absolute Gasteiger partial charge is 0.180 e. The van der Waals surface area contributed by atoms with Crippen LogP contribution in [0.15, 0.2) is 12.1 Å². The molecule has 1 aromatic carbocycles. The van der Waals surface area contributed by atoms with Gasteiger partial charge in [-0.05, 0) is 25.8 Å². The molecular weight excluding hydrogens is 238 g/mol. The number of hydrogen-bond acceptors (Lipinski definition) is 3. The van der Waals surface area contributed by atoms with Crippen molar-refractivity contribution < 1.29 is 9.47 Å². The van der Waals surface area contributed by atoms with Crippen LogP contribution in [-0.4, -0.2) is 19.3 Å². The zero-order chi connectivity index (χ0) is 12.0. The van der Waals surface area contributed by atoms with Gasteiger partial charge in [0.1, 0.15) is 13.2 Å². The summed E-state index contributed by atoms with van der Waals surface area (Å²) in [7, 11) is 0. The Hall–Kier alpha value is -0.930. The third kappa shape index (κ3) is 1.60. The van der Waals surface area contributed by atoms with Gasteiger partial charge in [0, 0.05) is 17.0 Å². The first-order valence-corrected chi connectivity index (χ1v) is 6.37. The van der Waals surface area contributed by atoms with Crippen LogP contribution in [0.3, 0.4) is 0 Å². The highest BCUT2D eigenvalue weighted by Crippen LogP contribution is 2.56. The Balaban J connectivity index is 2.12. The number of halogens is 1. The summed E-state index contributed by atoms with van der Waals surface area (Å²) < 4.78 is 11.3. The summed E-state index contributed by atoms with van der Waals surface area (Å²) in [5, 5.41) is 0.615. The number of nitrogens with two attached hydrogens (primary N) is 1. The second-order valence-electron chi connectivity index (χ2n) is 4.89. The fourth-order valence-electron chi connectivity index (χ4n) is 2.60. The van der Waals surface area contributed by atoms with E-state index in [2.05, 4.69) is 6.92 Å². The Morgan fingerprint density at radius 2 is 1.88 bits per heavy atom. The van der Waals surface area contributed by atoms with Gasteiger partial charge in [-0.3, -0.25) is 0 Å². The van der Waals surface area contributed by atoms with E-state index < -0.39 is 0 Å². The van der Waals surface area contributed by atoms with Crippen LogP contribution in [0, 0.1) is 0 Å². The molecular formula is C13H16ClNO2. The zero-order valence-electron chi connectivity index (χ0n) is 9.83. The molecule has 1 saturated carbocycles. The molecule has 17 heavy (non-hydrogen) atoms. The molecule has 1 fully saturated rings. The molecule has 0 saturated heterocycles. The van der Waals surface area contributed by atoms with Gasteiger partial charge >= 0.3 is 0 Å². The average Bonchev–Trinajstić information content (AvgIpc) is 3.11. The maximum atomic E-state index is 6.13. The van der Waals surface area contributed by atoms with E-state index in [-0.39, 0.29) is 11.5 Å². The number of ether oxygens (including phenoxy) is 2. The molecule has 1 atom stereocenters. The van der Waals surface area contributed by atoms with Crippen LogP contribution < -0.4 is 15.2 Å². The zero-order valence-corrected chi connectivity index (χ0v) is 10.6. The van der Waals surface area contributed by atoms with Crippen LogP contribution in [0.2, 0.25) is 5.02 Å². The molecule has 92 valence electrons. The van der Waals surface area contributed by atoms with Crippen molar-refractivity contribution in [1.29, 1.82) is 0 Å². The lowest BCUT2D eigenvalue weighted by atomic mass is 9.88. The van der Waals surface area contributed by atoms with Crippen LogP contribution in [0.4, 0.5) is 0 Å². The third-order valence-electron chi connectivity index (χ3n) is 3.84. The average molecular weight is 254 g/mol. The fourth-order valence-corrected chi connectivity index (χ4v) is 2.80. The molecule has 0 aromatic heterocycles. The van der Waals surface area contributed by atoms with E-state index in [4.69, 9.17) is 26.8 Å². The van der Waals surface area contributed by atoms with E-state index in [1.165, 1.54) is 0 Å². The summed E-state index contributed by atoms with van der Waals surface area (Å²) in [5.41, 5.74) is 7.33. The maximum Gasteiger partial charge on any atom is 0.180 e. The van der Waals surface area contributed by atoms with Gasteiger partial charge in [0.15, 0.2) is 11.5 Å². The molecule has 1 unspecified atom stereocenters. The van der Waals surface area contributed by atoms with Gasteiger partial charge < -0.3 is 15.2 Å². The standard InChI is InChI=1S/C13H16ClNO2/c1-8(15)13(4-5-13)9-2-3-10(14)12-11(9)16-6-7-17-12/h2-3,8H,4-7,15H2,1H3. The maximum absolute atomic E-state index is 6.13. The van der Waals surface area contributed by atoms with Gasteiger partial charge in [-0.1, -0.05) is 17.7 Å². The third-order valence-corrected chi connectivity index (χ3v) is 4.13. The minimum absolute atomic E-state index is 0.0649. The predicted octanol–water partition coefficient (Wildman–Crippen LogP) is 2.49. The van der Waals surface area contributed by atoms with Crippen LogP contribution in [0.5, 0.6) is 11.5 Å². The number of fused-ring (bicyclic) bond motifs is 1. The number of hydrogen-bond donors (Lipinski definition) is 1. The molecule has 3 nitrogen and oxygen atoms in total. The highest BCUT2D eigenvalue weighted by atomic mass is 35.5. The Morgan fingerprint density at radius 1 is 1.24 bits per heavy atom. The molecule has 1 aromatic rings. The molecule has 4 heteroatoms. The first-order chi connectivity index (χ1) is 8.15. The molecule has 0 bridgehead atoms. The highest BCUT2D eigenvalue weighted by Gasteiger charge is 2.50. The topological polar surface area (TPSA) is 44.5 Å². The highest BCUT2D eigenvalue weighted by molar-refractivity contribution is 6.32. The first-order valence-electron chi connectivity index (χ1n) is 5.99. The van der Waals surface area contributed by atoms with Crippen molar-refractivity contribution in [3.63, 3.8) is 0 Å². The van der Waals surface area contributed by atoms with Gasteiger partial charge in [0.05, 0.1) is 5.02 Å². The lowest BCUT2D eigenvalue weighted by Crippen LogP contribution is -2.32. The van der Waals surface area contributed by atoms with E-state index >= 15 is 0 Å². The summed E-state index contributed by atoms with van der Waals surface area (Å²) in [5.74, 6) is 1.49. The van der Waals surface area contributed by atoms with Gasteiger partial charge in [-0.15, -0.1) is 0 Å². The first kappa shape index (κ1) is 11.2. The molecule has 0 spiro atoms. The molecule has 1 aliphatic heterocycles. The molecule has 0 amide bonds. The molecule has 1 heterocycles. The van der Waals surface area contributed by atoms with Crippen molar-refractivity contribution in [2.75, 3.05) is 13.2 Å². The predicted molar refractivity (Wildman–Crippen MR) is 67.0 cm³/mol. The normalized spacial score (nSPS) is 22.1. The van der Waals surface area contributed by atoms with Crippen LogP contribution in [-0.2, 0) is 5.41 Å². The quantitative estimate of drug-likeness (QED) is 0.881. The van der Waals surface area contributed by atoms with E-state index in [1.54, 1.807) is 0 Å². The second-order valence-corrected chi connectivity index (χ2v) is 5.30. The lowest BCUT2D eigenvalue weighted by molar-refractivity contribution is 0.168. The lowest BCUT2D eigenvalue weighted by Gasteiger charge is -2.27. The summed E-state index contributed by atoms with van der Waals surface area (Å²) in [6, 6.07) is 4.04. The van der Waals surface area contributed by atoms with Gasteiger partial charge in [0.25, 0.3) is 0 Å². The molecule has 2 aliphatic rings. The Kier molecular flexibility index (Phi) is 2.49. The Labute approximate surface area is 106 Å². The summed E-state index contributed by atoms with van der Waals surface area (Å²) >= 11 is 6.13. The second kappa shape index (κ2) is 3.79. The Bertz CT molecular complexity index is 455. The molecule has 3 rings (SSSR count). The number of rotatable bonds is 2. The van der Waals surface area contributed by atoms with Gasteiger partial charge in [-0.25, -0.2) is 0 Å². The van der Waals surface area contributed by atoms with Crippen molar-refractivity contribution in [1.82, 2.24) is 0 Å². The SMILES string of the molecule is CC(N)C1(c2ccc(Cl)c3c2OCCO3)CC1. The molecule has 0 radical (unpaired) electrons. The van der Waals surface area contributed by atoms with Crippen molar-refractivity contribution in [3.8, 4) is 11.5 Å². The summed E-state index contributed by atoms with van der Waals surface area (Å²) in [6.45, 7) is 3.19. The van der Waals surface area contributed by atoms with Crippen LogP contribution >= 0.6 is 11.6 Å². The van der Waals surface area contributed by atoms with Gasteiger partial charge in [0.2, 0.25) is 0 Å². The van der Waals surface area contributed by atoms with Crippen molar-refractivity contribution >= 4 is 11.6 Å². The summed E-state index contributed by atoms with van der Waals surface area (Å²) in [4.78, 5) is 0. The van der Waals surface area contributed by atoms with E-state index in [0.717, 1.165) is 24.2 Å².